The first-order valence-electron chi connectivity index (χ1n) is 35.9. The Labute approximate surface area is 552 Å². The topological polar surface area (TPSA) is 35.9 Å². The summed E-state index contributed by atoms with van der Waals surface area (Å²) in [5.41, 5.74) is 8.22. The molecule has 13 aromatic rings. The predicted octanol–water partition coefficient (Wildman–Crippen LogP) is 21.1. The van der Waals surface area contributed by atoms with Gasteiger partial charge in [-0.15, -0.1) is 29.7 Å². The summed E-state index contributed by atoms with van der Waals surface area (Å²) >= 11 is 0. The Bertz CT molecular complexity index is 5390. The van der Waals surface area contributed by atoms with Gasteiger partial charge in [-0.1, -0.05) is 240 Å². The molecule has 6 heteroatoms. The van der Waals surface area contributed by atoms with Crippen molar-refractivity contribution in [3.05, 3.63) is 271 Å². The van der Waals surface area contributed by atoms with Crippen molar-refractivity contribution in [2.75, 3.05) is 0 Å². The normalized spacial score (nSPS) is 14.3. The molecule has 10 aromatic carbocycles. The Hall–Kier alpha value is -8.89. The fraction of sp³-hybridized carbons (Fsp3) is 0.195. The largest absolute Gasteiger partial charge is 0.510 e. The standard InChI is InChI=1S/C82H74N4O.Pt/c1-79(2,3)62-29-21-28-57(45-62)69-33-23-34-70(61-43-58(54-24-15-13-16-25-54)42-59(44-61)55-26-17-14-18-27-55)78(69)85-53-84(76-48-56(36-39-74(76)85)60-46-64(81(7,8)9)49-65(47-60)82(10,11)12)66-30-22-31-67(51-66)87-68-37-38-72-71-32-19-20-35-73(71)86(75(72)52-68)77-50-63(40-41-83-77)80(4,5)6;/h13-50H,1-12H3;/q-2;/i13D,14D,15D,16D,17D,18D,24D,25D,26D,27D,42D,43D,44D;. The van der Waals surface area contributed by atoms with Crippen LogP contribution in [0, 0.1) is 18.5 Å². The van der Waals surface area contributed by atoms with Gasteiger partial charge in [0.2, 0.25) is 0 Å². The van der Waals surface area contributed by atoms with E-state index in [4.69, 9.17) is 17.9 Å². The molecule has 0 aliphatic carbocycles. The maximum absolute atomic E-state index is 10.4. The van der Waals surface area contributed by atoms with E-state index in [-0.39, 0.29) is 53.9 Å². The van der Waals surface area contributed by atoms with Gasteiger partial charge in [-0.2, -0.15) is 18.2 Å². The third kappa shape index (κ3) is 11.6. The van der Waals surface area contributed by atoms with E-state index in [1.54, 1.807) is 12.1 Å². The molecule has 3 aromatic heterocycles. The van der Waals surface area contributed by atoms with Crippen LogP contribution >= 0.6 is 0 Å². The fourth-order valence-corrected chi connectivity index (χ4v) is 11.2. The van der Waals surface area contributed by atoms with E-state index < -0.39 is 101 Å². The van der Waals surface area contributed by atoms with Crippen LogP contribution in [-0.2, 0) is 42.7 Å². The fourth-order valence-electron chi connectivity index (χ4n) is 11.2. The Morgan fingerprint density at radius 1 is 0.443 bits per heavy atom. The number of hydrogen-bond donors (Lipinski definition) is 0. The van der Waals surface area contributed by atoms with Crippen molar-refractivity contribution in [3.63, 3.8) is 0 Å². The minimum atomic E-state index is -0.751. The minimum absolute atomic E-state index is 0. The quantitative estimate of drug-likeness (QED) is 0.101. The molecule has 0 bridgehead atoms. The van der Waals surface area contributed by atoms with Gasteiger partial charge < -0.3 is 13.9 Å². The summed E-state index contributed by atoms with van der Waals surface area (Å²) in [7, 11) is 0. The number of rotatable bonds is 10. The number of fused-ring (bicyclic) bond motifs is 4. The van der Waals surface area contributed by atoms with Gasteiger partial charge >= 0.3 is 0 Å². The summed E-state index contributed by atoms with van der Waals surface area (Å²) in [6, 6.07) is 45.9. The first kappa shape index (κ1) is 45.4. The summed E-state index contributed by atoms with van der Waals surface area (Å²) in [4.78, 5) is 4.89. The number of pyridine rings is 1. The molecule has 88 heavy (non-hydrogen) atoms. The summed E-state index contributed by atoms with van der Waals surface area (Å²) in [6.07, 6.45) is 5.58. The van der Waals surface area contributed by atoms with Crippen LogP contribution in [0.1, 0.15) is 123 Å². The first-order valence-corrected chi connectivity index (χ1v) is 29.4. The molecule has 3 heterocycles. The number of ether oxygens (including phenoxy) is 1. The third-order valence-corrected chi connectivity index (χ3v) is 16.1. The molecule has 0 amide bonds. The Balaban J connectivity index is 0.00000965. The molecule has 0 saturated carbocycles. The summed E-state index contributed by atoms with van der Waals surface area (Å²) in [5.74, 6) is 1.51. The molecule has 440 valence electrons. The number of nitrogens with zero attached hydrogens (tertiary/aromatic N) is 4. The van der Waals surface area contributed by atoms with Crippen LogP contribution in [0.25, 0.3) is 106 Å². The molecule has 13 rings (SSSR count). The van der Waals surface area contributed by atoms with Crippen LogP contribution in [0.2, 0.25) is 0 Å². The third-order valence-electron chi connectivity index (χ3n) is 16.1. The molecular formula is C82H74N4OPt-2. The van der Waals surface area contributed by atoms with Gasteiger partial charge in [-0.05, 0) is 153 Å². The van der Waals surface area contributed by atoms with Gasteiger partial charge in [0.25, 0.3) is 6.33 Å². The van der Waals surface area contributed by atoms with E-state index in [9.17, 15) is 9.60 Å². The smallest absolute Gasteiger partial charge is 0.268 e. The van der Waals surface area contributed by atoms with E-state index in [2.05, 4.69) is 155 Å². The van der Waals surface area contributed by atoms with Crippen LogP contribution in [0.4, 0.5) is 0 Å². The van der Waals surface area contributed by atoms with Crippen molar-refractivity contribution in [1.29, 1.82) is 0 Å². The molecule has 0 atom stereocenters. The molecular weight excluding hydrogens is 1250 g/mol. The van der Waals surface area contributed by atoms with Crippen LogP contribution < -0.4 is 9.30 Å². The van der Waals surface area contributed by atoms with Crippen LogP contribution in [0.5, 0.6) is 11.5 Å². The maximum atomic E-state index is 10.4. The average molecular weight is 1340 g/mol. The van der Waals surface area contributed by atoms with E-state index >= 15 is 0 Å². The Kier molecular flexibility index (Phi) is 11.9. The maximum Gasteiger partial charge on any atom is 0.268 e. The Morgan fingerprint density at radius 3 is 1.68 bits per heavy atom. The molecule has 0 saturated heterocycles. The SMILES string of the molecule is [2H]c1c([2H])c([2H])c(-c2c([2H])c(-c3cccc(-c4cccc(C(C)(C)C)c4)c3-[n+]3[c-]n(-c4[c-]c(Oc5[c-]c6c(cc5)c5ccccc5n6-c5cc(C(C)(C)C)ccn5)ccc4)c4cc(-c5cc(C(C)(C)C)cc(C(C)(C)C)c5)ccc43)c([2H])c(-c3c([2H])c([2H])c([2H])c([2H])c3[2H])c2[2H])c([2H])c1[2H].[Pt]. The second-order valence-electron chi connectivity index (χ2n) is 26.4. The van der Waals surface area contributed by atoms with Gasteiger partial charge in [0.05, 0.1) is 34.5 Å². The zero-order valence-corrected chi connectivity index (χ0v) is 53.7. The average Bonchev–Trinajstić information content (AvgIpc) is 0.951. The number of para-hydroxylation sites is 2. The monoisotopic (exact) mass is 1340 g/mol. The Morgan fingerprint density at radius 2 is 1.02 bits per heavy atom. The van der Waals surface area contributed by atoms with Crippen LogP contribution in [-0.4, -0.2) is 14.1 Å². The van der Waals surface area contributed by atoms with Crippen molar-refractivity contribution < 1.29 is 48.2 Å². The molecule has 5 nitrogen and oxygen atoms in total. The van der Waals surface area contributed by atoms with E-state index in [1.807, 2.05) is 100 Å². The van der Waals surface area contributed by atoms with Crippen molar-refractivity contribution >= 4 is 32.8 Å². The molecule has 0 spiro atoms. The second-order valence-corrected chi connectivity index (χ2v) is 26.4. The van der Waals surface area contributed by atoms with Gasteiger partial charge in [0.1, 0.15) is 5.82 Å². The van der Waals surface area contributed by atoms with Crippen molar-refractivity contribution in [2.24, 2.45) is 0 Å². The van der Waals surface area contributed by atoms with Gasteiger partial charge in [-0.25, -0.2) is 4.98 Å². The van der Waals surface area contributed by atoms with Gasteiger partial charge in [0, 0.05) is 44.3 Å². The summed E-state index contributed by atoms with van der Waals surface area (Å²) in [6.45, 7) is 26.0. The van der Waals surface area contributed by atoms with Gasteiger partial charge in [-0.3, -0.25) is 4.57 Å². The molecule has 0 aliphatic heterocycles. The molecule has 0 radical (unpaired) electrons. The van der Waals surface area contributed by atoms with E-state index in [0.717, 1.165) is 66.6 Å². The van der Waals surface area contributed by atoms with Crippen LogP contribution in [0.15, 0.2) is 230 Å². The summed E-state index contributed by atoms with van der Waals surface area (Å²) < 4.78 is 133. The number of imidazole rings is 1. The summed E-state index contributed by atoms with van der Waals surface area (Å²) in [5, 5.41) is 1.99. The molecule has 0 unspecified atom stereocenters. The zero-order chi connectivity index (χ0) is 71.9. The predicted molar refractivity (Wildman–Crippen MR) is 362 cm³/mol. The van der Waals surface area contributed by atoms with Crippen molar-refractivity contribution in [2.45, 2.75) is 105 Å². The second kappa shape index (κ2) is 23.0. The van der Waals surface area contributed by atoms with Crippen LogP contribution in [0.3, 0.4) is 0 Å². The van der Waals surface area contributed by atoms with Crippen molar-refractivity contribution in [3.8, 4) is 84.3 Å². The van der Waals surface area contributed by atoms with E-state index in [1.165, 1.54) is 0 Å². The zero-order valence-electron chi connectivity index (χ0n) is 64.4. The number of benzene rings is 10. The first-order chi connectivity index (χ1) is 47.0. The minimum Gasteiger partial charge on any atom is -0.510 e. The molecule has 0 N–H and O–H groups in total. The van der Waals surface area contributed by atoms with E-state index in [0.29, 0.717) is 39.5 Å². The van der Waals surface area contributed by atoms with Crippen molar-refractivity contribution in [1.82, 2.24) is 14.1 Å². The number of aromatic nitrogens is 4. The molecule has 0 fully saturated rings. The number of hydrogen-bond acceptors (Lipinski definition) is 2. The molecule has 0 aliphatic rings. The van der Waals surface area contributed by atoms with Gasteiger partial charge in [0.15, 0.2) is 0 Å².